The summed E-state index contributed by atoms with van der Waals surface area (Å²) in [5.41, 5.74) is -0.981. The summed E-state index contributed by atoms with van der Waals surface area (Å²) in [7, 11) is 0. The van der Waals surface area contributed by atoms with Crippen LogP contribution in [0.5, 0.6) is 0 Å². The van der Waals surface area contributed by atoms with Crippen LogP contribution in [0.4, 0.5) is 8.78 Å². The summed E-state index contributed by atoms with van der Waals surface area (Å²) >= 11 is 0. The molecule has 0 heterocycles. The van der Waals surface area contributed by atoms with Crippen LogP contribution >= 0.6 is 0 Å². The van der Waals surface area contributed by atoms with Gasteiger partial charge in [-0.2, -0.15) is 0 Å². The van der Waals surface area contributed by atoms with Crippen molar-refractivity contribution >= 4 is 0 Å². The molecule has 1 N–H and O–H groups in total. The highest BCUT2D eigenvalue weighted by Gasteiger charge is 2.24. The molecule has 3 heteroatoms. The Morgan fingerprint density at radius 2 is 1.48 bits per heavy atom. The summed E-state index contributed by atoms with van der Waals surface area (Å²) in [5.74, 6) is 0. The first-order valence-electron chi connectivity index (χ1n) is 10.1. The molecule has 1 fully saturated rings. The zero-order chi connectivity index (χ0) is 16.8. The SMILES string of the molecule is CC1(F)CCCCCCCCC(NCCCCCCCF)CC1. The lowest BCUT2D eigenvalue weighted by molar-refractivity contribution is 0.144. The average molecular weight is 332 g/mol. The zero-order valence-electron chi connectivity index (χ0n) is 15.4. The first-order valence-corrected chi connectivity index (χ1v) is 10.1. The first kappa shape index (κ1) is 20.9. The van der Waals surface area contributed by atoms with Crippen LogP contribution in [0.3, 0.4) is 0 Å². The van der Waals surface area contributed by atoms with Crippen molar-refractivity contribution in [2.24, 2.45) is 0 Å². The number of rotatable bonds is 8. The van der Waals surface area contributed by atoms with Crippen molar-refractivity contribution < 1.29 is 8.78 Å². The lowest BCUT2D eigenvalue weighted by Gasteiger charge is -2.25. The molecule has 0 aromatic rings. The number of unbranched alkanes of at least 4 members (excludes halogenated alkanes) is 4. The molecule has 0 bridgehead atoms. The van der Waals surface area contributed by atoms with Crippen LogP contribution in [0.15, 0.2) is 0 Å². The van der Waals surface area contributed by atoms with Gasteiger partial charge in [-0.25, -0.2) is 4.39 Å². The molecule has 1 aliphatic rings. The van der Waals surface area contributed by atoms with E-state index in [-0.39, 0.29) is 6.67 Å². The summed E-state index contributed by atoms with van der Waals surface area (Å²) in [4.78, 5) is 0. The van der Waals surface area contributed by atoms with Crippen molar-refractivity contribution in [3.8, 4) is 0 Å². The Morgan fingerprint density at radius 1 is 0.826 bits per heavy atom. The molecule has 1 aliphatic carbocycles. The van der Waals surface area contributed by atoms with Crippen LogP contribution < -0.4 is 5.32 Å². The van der Waals surface area contributed by atoms with Crippen LogP contribution in [0.25, 0.3) is 0 Å². The fourth-order valence-electron chi connectivity index (χ4n) is 3.60. The van der Waals surface area contributed by atoms with E-state index in [4.69, 9.17) is 0 Å². The molecule has 0 aromatic heterocycles. The van der Waals surface area contributed by atoms with Gasteiger partial charge in [0.1, 0.15) is 5.67 Å². The van der Waals surface area contributed by atoms with E-state index in [1.807, 2.05) is 0 Å². The third kappa shape index (κ3) is 11.9. The third-order valence-electron chi connectivity index (χ3n) is 5.26. The maximum Gasteiger partial charge on any atom is 0.108 e. The Kier molecular flexibility index (Phi) is 11.9. The van der Waals surface area contributed by atoms with Gasteiger partial charge in [-0.3, -0.25) is 4.39 Å². The second-order valence-electron chi connectivity index (χ2n) is 7.72. The molecular formula is C20H39F2N. The van der Waals surface area contributed by atoms with E-state index in [0.717, 1.165) is 45.1 Å². The van der Waals surface area contributed by atoms with Crippen LogP contribution in [0.1, 0.15) is 103 Å². The van der Waals surface area contributed by atoms with Gasteiger partial charge in [0.15, 0.2) is 0 Å². The standard InChI is InChI=1S/C20H39F2N/c1-20(22)15-10-6-3-2-5-9-13-19(14-16-20)23-18-12-8-4-7-11-17-21/h19,23H,2-18H2,1H3. The molecule has 1 saturated carbocycles. The van der Waals surface area contributed by atoms with Crippen molar-refractivity contribution in [2.45, 2.75) is 115 Å². The van der Waals surface area contributed by atoms with Gasteiger partial charge in [-0.1, -0.05) is 57.8 Å². The van der Waals surface area contributed by atoms with Gasteiger partial charge in [0.05, 0.1) is 6.67 Å². The van der Waals surface area contributed by atoms with Crippen LogP contribution in [0, 0.1) is 0 Å². The maximum atomic E-state index is 14.5. The predicted molar refractivity (Wildman–Crippen MR) is 96.5 cm³/mol. The largest absolute Gasteiger partial charge is 0.314 e. The molecule has 1 rings (SSSR count). The Hall–Kier alpha value is -0.180. The molecular weight excluding hydrogens is 292 g/mol. The van der Waals surface area contributed by atoms with Gasteiger partial charge in [-0.05, 0) is 52.0 Å². The highest BCUT2D eigenvalue weighted by molar-refractivity contribution is 4.78. The highest BCUT2D eigenvalue weighted by atomic mass is 19.1. The molecule has 0 amide bonds. The van der Waals surface area contributed by atoms with E-state index in [1.165, 1.54) is 44.9 Å². The average Bonchev–Trinajstić information content (AvgIpc) is 2.52. The summed E-state index contributed by atoms with van der Waals surface area (Å²) < 4.78 is 26.6. The van der Waals surface area contributed by atoms with E-state index in [1.54, 1.807) is 6.92 Å². The molecule has 0 aromatic carbocycles. The zero-order valence-corrected chi connectivity index (χ0v) is 15.4. The summed E-state index contributed by atoms with van der Waals surface area (Å²) in [6.07, 6.45) is 16.2. The quantitative estimate of drug-likeness (QED) is 0.500. The van der Waals surface area contributed by atoms with Gasteiger partial charge in [0, 0.05) is 6.04 Å². The van der Waals surface area contributed by atoms with Gasteiger partial charge < -0.3 is 5.32 Å². The smallest absolute Gasteiger partial charge is 0.108 e. The lowest BCUT2D eigenvalue weighted by Crippen LogP contribution is -2.32. The first-order chi connectivity index (χ1) is 11.1. The van der Waals surface area contributed by atoms with E-state index >= 15 is 0 Å². The Bertz CT molecular complexity index is 268. The number of halogens is 2. The molecule has 0 saturated heterocycles. The monoisotopic (exact) mass is 331 g/mol. The van der Waals surface area contributed by atoms with Crippen LogP contribution in [-0.2, 0) is 0 Å². The molecule has 138 valence electrons. The van der Waals surface area contributed by atoms with Crippen molar-refractivity contribution in [3.63, 3.8) is 0 Å². The fraction of sp³-hybridized carbons (Fsp3) is 1.00. The van der Waals surface area contributed by atoms with E-state index in [0.29, 0.717) is 18.9 Å². The highest BCUT2D eigenvalue weighted by Crippen LogP contribution is 2.27. The third-order valence-corrected chi connectivity index (χ3v) is 5.26. The molecule has 0 aliphatic heterocycles. The van der Waals surface area contributed by atoms with Crippen molar-refractivity contribution in [1.82, 2.24) is 5.32 Å². The number of hydrogen-bond acceptors (Lipinski definition) is 1. The fourth-order valence-corrected chi connectivity index (χ4v) is 3.60. The Balaban J connectivity index is 2.23. The van der Waals surface area contributed by atoms with E-state index < -0.39 is 5.67 Å². The normalized spacial score (nSPS) is 28.0. The summed E-state index contributed by atoms with van der Waals surface area (Å²) in [6.45, 7) is 2.65. The minimum Gasteiger partial charge on any atom is -0.314 e. The Labute approximate surface area is 143 Å². The van der Waals surface area contributed by atoms with Gasteiger partial charge in [-0.15, -0.1) is 0 Å². The van der Waals surface area contributed by atoms with Gasteiger partial charge >= 0.3 is 0 Å². The summed E-state index contributed by atoms with van der Waals surface area (Å²) in [6, 6.07) is 0.482. The van der Waals surface area contributed by atoms with Crippen LogP contribution in [0.2, 0.25) is 0 Å². The molecule has 0 spiro atoms. The van der Waals surface area contributed by atoms with Crippen molar-refractivity contribution in [2.75, 3.05) is 13.2 Å². The molecule has 2 atom stereocenters. The van der Waals surface area contributed by atoms with Crippen molar-refractivity contribution in [3.05, 3.63) is 0 Å². The maximum absolute atomic E-state index is 14.5. The van der Waals surface area contributed by atoms with E-state index in [9.17, 15) is 8.78 Å². The van der Waals surface area contributed by atoms with Crippen molar-refractivity contribution in [1.29, 1.82) is 0 Å². The topological polar surface area (TPSA) is 12.0 Å². The second-order valence-corrected chi connectivity index (χ2v) is 7.72. The number of alkyl halides is 2. The minimum atomic E-state index is -0.981. The minimum absolute atomic E-state index is 0.178. The molecule has 0 radical (unpaired) electrons. The predicted octanol–water partition coefficient (Wildman–Crippen LogP) is 6.51. The second kappa shape index (κ2) is 13.1. The number of nitrogens with one attached hydrogen (secondary N) is 1. The van der Waals surface area contributed by atoms with Crippen LogP contribution in [-0.4, -0.2) is 24.9 Å². The lowest BCUT2D eigenvalue weighted by atomic mass is 9.90. The number of hydrogen-bond donors (Lipinski definition) is 1. The molecule has 1 nitrogen and oxygen atoms in total. The van der Waals surface area contributed by atoms with Gasteiger partial charge in [0.25, 0.3) is 0 Å². The summed E-state index contributed by atoms with van der Waals surface area (Å²) in [5, 5.41) is 3.66. The van der Waals surface area contributed by atoms with Gasteiger partial charge in [0.2, 0.25) is 0 Å². The molecule has 23 heavy (non-hydrogen) atoms. The Morgan fingerprint density at radius 3 is 2.26 bits per heavy atom. The molecule has 2 unspecified atom stereocenters. The van der Waals surface area contributed by atoms with E-state index in [2.05, 4.69) is 5.32 Å².